The van der Waals surface area contributed by atoms with Crippen LogP contribution in [0.3, 0.4) is 0 Å². The minimum absolute atomic E-state index is 0.0148. The number of rotatable bonds is 4. The van der Waals surface area contributed by atoms with E-state index in [0.29, 0.717) is 35.7 Å². The van der Waals surface area contributed by atoms with Gasteiger partial charge in [-0.1, -0.05) is 12.1 Å². The third-order valence-corrected chi connectivity index (χ3v) is 5.52. The Morgan fingerprint density at radius 3 is 2.66 bits per heavy atom. The number of imidazole rings is 1. The van der Waals surface area contributed by atoms with Crippen LogP contribution in [0.25, 0.3) is 21.9 Å². The van der Waals surface area contributed by atoms with Gasteiger partial charge in [0.25, 0.3) is 0 Å². The summed E-state index contributed by atoms with van der Waals surface area (Å²) in [5.41, 5.74) is 1.63. The average molecular weight is 443 g/mol. The number of hydrogen-bond donors (Lipinski definition) is 3. The quantitative estimate of drug-likeness (QED) is 0.413. The number of fused-ring (bicyclic) bond motifs is 2. The van der Waals surface area contributed by atoms with Crippen molar-refractivity contribution < 1.29 is 23.0 Å². The lowest BCUT2D eigenvalue weighted by atomic mass is 9.95. The maximum absolute atomic E-state index is 12.9. The molecule has 32 heavy (non-hydrogen) atoms. The number of hydrogen-bond acceptors (Lipinski definition) is 6. The highest BCUT2D eigenvalue weighted by Crippen LogP contribution is 2.31. The lowest BCUT2D eigenvalue weighted by Gasteiger charge is -2.26. The van der Waals surface area contributed by atoms with Crippen molar-refractivity contribution in [2.75, 3.05) is 5.32 Å². The van der Waals surface area contributed by atoms with Gasteiger partial charge in [0.1, 0.15) is 11.3 Å². The summed E-state index contributed by atoms with van der Waals surface area (Å²) in [6.07, 6.45) is -0.150. The third kappa shape index (κ3) is 4.18. The van der Waals surface area contributed by atoms with Crippen LogP contribution in [0, 0.1) is 0 Å². The predicted octanol–water partition coefficient (Wildman–Crippen LogP) is 4.95. The number of aromatic nitrogens is 4. The van der Waals surface area contributed by atoms with E-state index in [1.165, 1.54) is 12.1 Å². The van der Waals surface area contributed by atoms with Gasteiger partial charge in [-0.15, -0.1) is 0 Å². The number of H-pyrrole nitrogens is 1. The van der Waals surface area contributed by atoms with Crippen molar-refractivity contribution in [2.24, 2.45) is 0 Å². The topological polar surface area (TPSA) is 96.0 Å². The van der Waals surface area contributed by atoms with Gasteiger partial charge < -0.3 is 20.1 Å². The SMILES string of the molecule is OC1CCC(Oc2cccc3cnc(Nc4ccc5nc(C(F)(F)F)[nH]c5c4)nc23)CC1. The summed E-state index contributed by atoms with van der Waals surface area (Å²) < 4.78 is 44.8. The molecular weight excluding hydrogens is 423 g/mol. The van der Waals surface area contributed by atoms with E-state index < -0.39 is 12.0 Å². The molecule has 1 aliphatic rings. The van der Waals surface area contributed by atoms with Crippen molar-refractivity contribution in [3.05, 3.63) is 48.4 Å². The molecule has 166 valence electrons. The molecule has 0 unspecified atom stereocenters. The first-order valence-corrected chi connectivity index (χ1v) is 10.3. The highest BCUT2D eigenvalue weighted by atomic mass is 19.4. The summed E-state index contributed by atoms with van der Waals surface area (Å²) in [4.78, 5) is 14.7. The second kappa shape index (κ2) is 7.94. The van der Waals surface area contributed by atoms with Crippen molar-refractivity contribution in [1.29, 1.82) is 0 Å². The van der Waals surface area contributed by atoms with Gasteiger partial charge >= 0.3 is 6.18 Å². The molecule has 0 radical (unpaired) electrons. The monoisotopic (exact) mass is 443 g/mol. The molecule has 0 amide bonds. The van der Waals surface area contributed by atoms with Gasteiger partial charge in [0.15, 0.2) is 0 Å². The maximum atomic E-state index is 12.9. The van der Waals surface area contributed by atoms with Gasteiger partial charge in [-0.05, 0) is 49.9 Å². The fraction of sp³-hybridized carbons (Fsp3) is 0.318. The Bertz CT molecular complexity index is 1270. The summed E-state index contributed by atoms with van der Waals surface area (Å²) in [7, 11) is 0. The van der Waals surface area contributed by atoms with Crippen LogP contribution < -0.4 is 10.1 Å². The highest BCUT2D eigenvalue weighted by molar-refractivity contribution is 5.85. The van der Waals surface area contributed by atoms with Crippen molar-refractivity contribution in [3.8, 4) is 5.75 Å². The van der Waals surface area contributed by atoms with E-state index in [2.05, 4.69) is 25.3 Å². The normalized spacial score (nSPS) is 19.4. The van der Waals surface area contributed by atoms with E-state index in [1.807, 2.05) is 18.2 Å². The van der Waals surface area contributed by atoms with Crippen LogP contribution in [0.1, 0.15) is 31.5 Å². The Morgan fingerprint density at radius 2 is 1.88 bits per heavy atom. The largest absolute Gasteiger partial charge is 0.488 e. The summed E-state index contributed by atoms with van der Waals surface area (Å²) >= 11 is 0. The van der Waals surface area contributed by atoms with Crippen molar-refractivity contribution >= 4 is 33.6 Å². The summed E-state index contributed by atoms with van der Waals surface area (Å²) in [5, 5.41) is 13.5. The van der Waals surface area contributed by atoms with Gasteiger partial charge in [-0.3, -0.25) is 0 Å². The van der Waals surface area contributed by atoms with E-state index in [9.17, 15) is 18.3 Å². The smallest absolute Gasteiger partial charge is 0.449 e. The fourth-order valence-corrected chi connectivity index (χ4v) is 3.88. The van der Waals surface area contributed by atoms with Gasteiger partial charge in [-0.25, -0.2) is 15.0 Å². The minimum Gasteiger partial charge on any atom is -0.488 e. The van der Waals surface area contributed by atoms with Gasteiger partial charge in [0.05, 0.1) is 23.2 Å². The van der Waals surface area contributed by atoms with E-state index in [4.69, 9.17) is 4.74 Å². The molecule has 0 atom stereocenters. The number of nitrogens with zero attached hydrogens (tertiary/aromatic N) is 3. The first-order chi connectivity index (χ1) is 15.3. The van der Waals surface area contributed by atoms with Crippen molar-refractivity contribution in [2.45, 2.75) is 44.1 Å². The van der Waals surface area contributed by atoms with Crippen molar-refractivity contribution in [3.63, 3.8) is 0 Å². The van der Waals surface area contributed by atoms with Gasteiger partial charge in [-0.2, -0.15) is 13.2 Å². The summed E-state index contributed by atoms with van der Waals surface area (Å²) in [5.74, 6) is -0.112. The minimum atomic E-state index is -4.54. The van der Waals surface area contributed by atoms with E-state index in [-0.39, 0.29) is 23.2 Å². The number of halogens is 3. The molecule has 1 saturated carbocycles. The fourth-order valence-electron chi connectivity index (χ4n) is 3.88. The molecule has 1 fully saturated rings. The number of aliphatic hydroxyl groups excluding tert-OH is 1. The molecule has 5 rings (SSSR count). The first kappa shape index (κ1) is 20.5. The zero-order valence-electron chi connectivity index (χ0n) is 16.9. The Balaban J connectivity index is 1.41. The zero-order chi connectivity index (χ0) is 22.3. The molecule has 10 heteroatoms. The Hall–Kier alpha value is -3.40. The molecule has 0 spiro atoms. The standard InChI is InChI=1S/C22H20F3N5O2/c23-22(24,25)20-28-16-9-4-13(10-17(16)29-20)27-21-26-11-12-2-1-3-18(19(12)30-21)32-15-7-5-14(31)6-8-15/h1-4,9-11,14-15,31H,5-8H2,(H,28,29)(H,26,27,30). The summed E-state index contributed by atoms with van der Waals surface area (Å²) in [6, 6.07) is 10.2. The number of aliphatic hydroxyl groups is 1. The second-order valence-electron chi connectivity index (χ2n) is 7.88. The number of alkyl halides is 3. The molecule has 7 nitrogen and oxygen atoms in total. The lowest BCUT2D eigenvalue weighted by Crippen LogP contribution is -2.26. The number of nitrogens with one attached hydrogen (secondary N) is 2. The molecule has 3 N–H and O–H groups in total. The molecular formula is C22H20F3N5O2. The molecule has 1 aliphatic carbocycles. The Labute approximate surface area is 180 Å². The molecule has 0 saturated heterocycles. The average Bonchev–Trinajstić information content (AvgIpc) is 3.20. The van der Waals surface area contributed by atoms with E-state index >= 15 is 0 Å². The second-order valence-corrected chi connectivity index (χ2v) is 7.88. The van der Waals surface area contributed by atoms with Crippen LogP contribution in [0.5, 0.6) is 5.75 Å². The highest BCUT2D eigenvalue weighted by Gasteiger charge is 2.34. The lowest BCUT2D eigenvalue weighted by molar-refractivity contribution is -0.144. The van der Waals surface area contributed by atoms with Crippen LogP contribution >= 0.6 is 0 Å². The van der Waals surface area contributed by atoms with Crippen LogP contribution in [0.15, 0.2) is 42.6 Å². The summed E-state index contributed by atoms with van der Waals surface area (Å²) in [6.45, 7) is 0. The predicted molar refractivity (Wildman–Crippen MR) is 113 cm³/mol. The number of ether oxygens (including phenoxy) is 1. The maximum Gasteiger partial charge on any atom is 0.449 e. The van der Waals surface area contributed by atoms with Crippen LogP contribution in [0.4, 0.5) is 24.8 Å². The first-order valence-electron chi connectivity index (χ1n) is 10.3. The zero-order valence-corrected chi connectivity index (χ0v) is 16.9. The van der Waals surface area contributed by atoms with Crippen LogP contribution in [-0.2, 0) is 6.18 Å². The van der Waals surface area contributed by atoms with E-state index in [1.54, 1.807) is 12.3 Å². The third-order valence-electron chi connectivity index (χ3n) is 5.52. The Kier molecular flexibility index (Phi) is 5.09. The van der Waals surface area contributed by atoms with Gasteiger partial charge in [0.2, 0.25) is 11.8 Å². The molecule has 2 aromatic carbocycles. The Morgan fingerprint density at radius 1 is 1.06 bits per heavy atom. The number of benzene rings is 2. The molecule has 0 bridgehead atoms. The number of para-hydroxylation sites is 1. The molecule has 2 heterocycles. The molecule has 0 aliphatic heterocycles. The van der Waals surface area contributed by atoms with Crippen molar-refractivity contribution in [1.82, 2.24) is 19.9 Å². The molecule has 2 aromatic heterocycles. The number of aromatic amines is 1. The van der Waals surface area contributed by atoms with E-state index in [0.717, 1.165) is 18.2 Å². The van der Waals surface area contributed by atoms with Crippen LogP contribution in [0.2, 0.25) is 0 Å². The molecule has 4 aromatic rings. The van der Waals surface area contributed by atoms with Crippen LogP contribution in [-0.4, -0.2) is 37.3 Å². The number of anilines is 2. The van der Waals surface area contributed by atoms with Gasteiger partial charge in [0, 0.05) is 17.3 Å².